The molecule has 0 spiro atoms. The SMILES string of the molecule is CCCCCC=CC1C2CC(O)C(CCCCOCC(=O)O)C12. The lowest BCUT2D eigenvalue weighted by Crippen LogP contribution is -2.19. The van der Waals surface area contributed by atoms with Gasteiger partial charge in [0.1, 0.15) is 6.61 Å². The Morgan fingerprint density at radius 2 is 2.09 bits per heavy atom. The first-order chi connectivity index (χ1) is 11.1. The minimum atomic E-state index is -0.911. The number of rotatable bonds is 12. The molecule has 0 bridgehead atoms. The van der Waals surface area contributed by atoms with Crippen LogP contribution in [0, 0.1) is 23.7 Å². The van der Waals surface area contributed by atoms with Gasteiger partial charge >= 0.3 is 5.97 Å². The first kappa shape index (κ1) is 18.5. The number of unbranched alkanes of at least 4 members (excludes halogenated alkanes) is 4. The molecule has 0 saturated heterocycles. The van der Waals surface area contributed by atoms with E-state index in [1.165, 1.54) is 25.7 Å². The molecule has 2 saturated carbocycles. The van der Waals surface area contributed by atoms with Crippen LogP contribution in [0.15, 0.2) is 12.2 Å². The number of allylic oxidation sites excluding steroid dienone is 2. The maximum atomic E-state index is 10.3. The van der Waals surface area contributed by atoms with E-state index in [-0.39, 0.29) is 12.7 Å². The van der Waals surface area contributed by atoms with Crippen LogP contribution >= 0.6 is 0 Å². The van der Waals surface area contributed by atoms with Crippen LogP contribution in [-0.2, 0) is 9.53 Å². The first-order valence-electron chi connectivity index (χ1n) is 9.29. The van der Waals surface area contributed by atoms with Crippen molar-refractivity contribution in [2.24, 2.45) is 23.7 Å². The van der Waals surface area contributed by atoms with Gasteiger partial charge in [-0.2, -0.15) is 0 Å². The highest BCUT2D eigenvalue weighted by Gasteiger charge is 2.59. The number of carboxylic acid groups (broad SMARTS) is 1. The van der Waals surface area contributed by atoms with E-state index in [9.17, 15) is 9.90 Å². The van der Waals surface area contributed by atoms with Crippen LogP contribution in [-0.4, -0.2) is 35.5 Å². The minimum Gasteiger partial charge on any atom is -0.480 e. The molecule has 2 rings (SSSR count). The lowest BCUT2D eigenvalue weighted by Gasteiger charge is -2.19. The first-order valence-corrected chi connectivity index (χ1v) is 9.29. The summed E-state index contributed by atoms with van der Waals surface area (Å²) in [4.78, 5) is 10.3. The molecule has 0 heterocycles. The third-order valence-electron chi connectivity index (χ3n) is 5.43. The van der Waals surface area contributed by atoms with E-state index in [4.69, 9.17) is 9.84 Å². The largest absolute Gasteiger partial charge is 0.480 e. The predicted molar refractivity (Wildman–Crippen MR) is 90.2 cm³/mol. The van der Waals surface area contributed by atoms with Crippen LogP contribution < -0.4 is 0 Å². The van der Waals surface area contributed by atoms with Crippen molar-refractivity contribution in [1.82, 2.24) is 0 Å². The summed E-state index contributed by atoms with van der Waals surface area (Å²) < 4.78 is 5.06. The number of fused-ring (bicyclic) bond motifs is 1. The zero-order valence-electron chi connectivity index (χ0n) is 14.3. The lowest BCUT2D eigenvalue weighted by atomic mass is 9.91. The molecule has 2 N–H and O–H groups in total. The summed E-state index contributed by atoms with van der Waals surface area (Å²) in [5.41, 5.74) is 0. The van der Waals surface area contributed by atoms with Gasteiger partial charge in [-0.15, -0.1) is 0 Å². The number of aliphatic hydroxyl groups excluding tert-OH is 1. The fourth-order valence-corrected chi connectivity index (χ4v) is 4.22. The Labute approximate surface area is 139 Å². The molecular formula is C19H32O4. The predicted octanol–water partition coefficient (Wildman–Crippen LogP) is 3.64. The second-order valence-corrected chi connectivity index (χ2v) is 7.15. The van der Waals surface area contributed by atoms with Crippen LogP contribution in [0.25, 0.3) is 0 Å². The molecule has 0 aliphatic heterocycles. The summed E-state index contributed by atoms with van der Waals surface area (Å²) in [6.07, 6.45) is 13.6. The quantitative estimate of drug-likeness (QED) is 0.425. The smallest absolute Gasteiger partial charge is 0.329 e. The van der Waals surface area contributed by atoms with Crippen LogP contribution in [0.1, 0.15) is 58.3 Å². The van der Waals surface area contributed by atoms with E-state index in [2.05, 4.69) is 19.1 Å². The average molecular weight is 324 g/mol. The van der Waals surface area contributed by atoms with Crippen LogP contribution in [0.4, 0.5) is 0 Å². The summed E-state index contributed by atoms with van der Waals surface area (Å²) in [6.45, 7) is 2.53. The van der Waals surface area contributed by atoms with E-state index in [1.54, 1.807) is 0 Å². The average Bonchev–Trinajstić information content (AvgIpc) is 3.06. The molecular weight excluding hydrogens is 292 g/mol. The molecule has 0 radical (unpaired) electrons. The number of hydrogen-bond donors (Lipinski definition) is 2. The highest BCUT2D eigenvalue weighted by molar-refractivity contribution is 5.67. The van der Waals surface area contributed by atoms with Crippen molar-refractivity contribution in [3.8, 4) is 0 Å². The maximum absolute atomic E-state index is 10.3. The molecule has 5 unspecified atom stereocenters. The van der Waals surface area contributed by atoms with Gasteiger partial charge in [0.2, 0.25) is 0 Å². The number of carbonyl (C=O) groups is 1. The molecule has 0 amide bonds. The second-order valence-electron chi connectivity index (χ2n) is 7.15. The van der Waals surface area contributed by atoms with Gasteiger partial charge in [0, 0.05) is 6.61 Å². The molecule has 5 atom stereocenters. The molecule has 0 aromatic carbocycles. The Kier molecular flexibility index (Phi) is 7.57. The van der Waals surface area contributed by atoms with Crippen molar-refractivity contribution in [2.75, 3.05) is 13.2 Å². The third-order valence-corrected chi connectivity index (χ3v) is 5.43. The third kappa shape index (κ3) is 5.61. The normalized spacial score (nSPS) is 32.3. The van der Waals surface area contributed by atoms with Crippen molar-refractivity contribution >= 4 is 5.97 Å². The van der Waals surface area contributed by atoms with Gasteiger partial charge in [-0.1, -0.05) is 38.3 Å². The standard InChI is InChI=1S/C19H32O4/c1-2-3-4-5-6-9-14-16-12-17(20)15(19(14)16)10-7-8-11-23-13-18(21)22/h6,9,14-17,19-20H,2-5,7-8,10-13H2,1H3,(H,21,22). The number of aliphatic hydroxyl groups is 1. The van der Waals surface area contributed by atoms with Gasteiger partial charge in [0.05, 0.1) is 6.10 Å². The zero-order valence-corrected chi connectivity index (χ0v) is 14.3. The monoisotopic (exact) mass is 324 g/mol. The van der Waals surface area contributed by atoms with Gasteiger partial charge in [0.15, 0.2) is 0 Å². The molecule has 4 heteroatoms. The molecule has 4 nitrogen and oxygen atoms in total. The Bertz CT molecular complexity index is 393. The zero-order chi connectivity index (χ0) is 16.7. The number of hydrogen-bond acceptors (Lipinski definition) is 3. The van der Waals surface area contributed by atoms with Gasteiger partial charge in [-0.3, -0.25) is 0 Å². The molecule has 2 fully saturated rings. The van der Waals surface area contributed by atoms with E-state index in [0.717, 1.165) is 25.7 Å². The Balaban J connectivity index is 1.60. The second kappa shape index (κ2) is 9.43. The molecule has 2 aliphatic carbocycles. The Morgan fingerprint density at radius 1 is 1.26 bits per heavy atom. The van der Waals surface area contributed by atoms with Crippen molar-refractivity contribution in [2.45, 2.75) is 64.4 Å². The Hall–Kier alpha value is -0.870. The maximum Gasteiger partial charge on any atom is 0.329 e. The highest BCUT2D eigenvalue weighted by atomic mass is 16.5. The number of aliphatic carboxylic acids is 1. The van der Waals surface area contributed by atoms with Gasteiger partial charge in [0.25, 0.3) is 0 Å². The van der Waals surface area contributed by atoms with Gasteiger partial charge in [-0.25, -0.2) is 4.79 Å². The van der Waals surface area contributed by atoms with Crippen LogP contribution in [0.3, 0.4) is 0 Å². The van der Waals surface area contributed by atoms with E-state index >= 15 is 0 Å². The Morgan fingerprint density at radius 3 is 2.83 bits per heavy atom. The highest BCUT2D eigenvalue weighted by Crippen LogP contribution is 2.62. The van der Waals surface area contributed by atoms with Crippen LogP contribution in [0.2, 0.25) is 0 Å². The summed E-state index contributed by atoms with van der Waals surface area (Å²) >= 11 is 0. The summed E-state index contributed by atoms with van der Waals surface area (Å²) in [7, 11) is 0. The van der Waals surface area contributed by atoms with E-state index in [0.29, 0.717) is 30.3 Å². The molecule has 0 aromatic heterocycles. The van der Waals surface area contributed by atoms with Crippen LogP contribution in [0.5, 0.6) is 0 Å². The van der Waals surface area contributed by atoms with Crippen molar-refractivity contribution in [3.63, 3.8) is 0 Å². The fourth-order valence-electron chi connectivity index (χ4n) is 4.22. The van der Waals surface area contributed by atoms with Gasteiger partial charge in [-0.05, 0) is 55.8 Å². The van der Waals surface area contributed by atoms with E-state index in [1.807, 2.05) is 0 Å². The summed E-state index contributed by atoms with van der Waals surface area (Å²) in [5, 5.41) is 18.7. The minimum absolute atomic E-state index is 0.130. The number of carboxylic acids is 1. The summed E-state index contributed by atoms with van der Waals surface area (Å²) in [5.74, 6) is 1.62. The van der Waals surface area contributed by atoms with Gasteiger partial charge < -0.3 is 14.9 Å². The van der Waals surface area contributed by atoms with Crippen molar-refractivity contribution in [3.05, 3.63) is 12.2 Å². The number of ether oxygens (including phenoxy) is 1. The molecule has 0 aromatic rings. The molecule has 132 valence electrons. The van der Waals surface area contributed by atoms with Crippen molar-refractivity contribution in [1.29, 1.82) is 0 Å². The van der Waals surface area contributed by atoms with E-state index < -0.39 is 5.97 Å². The van der Waals surface area contributed by atoms with Crippen molar-refractivity contribution < 1.29 is 19.7 Å². The molecule has 23 heavy (non-hydrogen) atoms. The topological polar surface area (TPSA) is 66.8 Å². The molecule has 2 aliphatic rings. The summed E-state index contributed by atoms with van der Waals surface area (Å²) in [6, 6.07) is 0. The fraction of sp³-hybridized carbons (Fsp3) is 0.842. The lowest BCUT2D eigenvalue weighted by molar-refractivity contribution is -0.142.